The van der Waals surface area contributed by atoms with Crippen molar-refractivity contribution in [3.05, 3.63) is 81.9 Å². The fourth-order valence-corrected chi connectivity index (χ4v) is 6.69. The van der Waals surface area contributed by atoms with Gasteiger partial charge in [-0.25, -0.2) is 0 Å². The van der Waals surface area contributed by atoms with Crippen LogP contribution in [0.3, 0.4) is 0 Å². The highest BCUT2D eigenvalue weighted by atomic mass is 32.2. The number of rotatable bonds is 3. The molecular weight excluding hydrogens is 404 g/mol. The predicted octanol–water partition coefficient (Wildman–Crippen LogP) is 7.40. The maximum absolute atomic E-state index is 3.57. The molecule has 0 fully saturated rings. The zero-order valence-corrected chi connectivity index (χ0v) is 19.4. The zero-order chi connectivity index (χ0) is 20.7. The van der Waals surface area contributed by atoms with E-state index in [2.05, 4.69) is 97.4 Å². The molecule has 1 N–H and O–H groups in total. The molecule has 2 aliphatic rings. The number of aromatic nitrogens is 1. The molecule has 0 amide bonds. The van der Waals surface area contributed by atoms with E-state index in [4.69, 9.17) is 0 Å². The largest absolute Gasteiger partial charge is 0.349 e. The normalized spacial score (nSPS) is 20.4. The summed E-state index contributed by atoms with van der Waals surface area (Å²) >= 11 is 3.73. The van der Waals surface area contributed by atoms with E-state index in [1.807, 2.05) is 23.1 Å². The van der Waals surface area contributed by atoms with Gasteiger partial charge in [-0.15, -0.1) is 0 Å². The fourth-order valence-electron chi connectivity index (χ4n) is 4.51. The first-order chi connectivity index (χ1) is 14.5. The number of hydrogen-bond acceptors (Lipinski definition) is 3. The molecule has 1 aliphatic heterocycles. The monoisotopic (exact) mass is 431 g/mol. The minimum Gasteiger partial charge on any atom is -0.349 e. The molecule has 2 aromatic carbocycles. The Bertz CT molecular complexity index is 1180. The van der Waals surface area contributed by atoms with Crippen LogP contribution in [0.2, 0.25) is 0 Å². The van der Waals surface area contributed by atoms with E-state index in [0.717, 1.165) is 19.4 Å². The third-order valence-electron chi connectivity index (χ3n) is 5.68. The molecule has 0 radical (unpaired) electrons. The number of benzene rings is 2. The molecule has 2 nitrogen and oxygen atoms in total. The molecule has 0 unspecified atom stereocenters. The van der Waals surface area contributed by atoms with Crippen molar-refractivity contribution in [2.75, 3.05) is 5.32 Å². The Balaban J connectivity index is 1.51. The third-order valence-corrected chi connectivity index (χ3v) is 7.81. The van der Waals surface area contributed by atoms with Crippen molar-refractivity contribution in [2.45, 2.75) is 45.1 Å². The van der Waals surface area contributed by atoms with Gasteiger partial charge >= 0.3 is 0 Å². The van der Waals surface area contributed by atoms with E-state index in [1.54, 1.807) is 0 Å². The van der Waals surface area contributed by atoms with Gasteiger partial charge in [0.1, 0.15) is 11.2 Å². The Morgan fingerprint density at radius 1 is 1.03 bits per heavy atom. The molecule has 0 bridgehead atoms. The lowest BCUT2D eigenvalue weighted by Gasteiger charge is -2.30. The lowest BCUT2D eigenvalue weighted by Crippen LogP contribution is -2.33. The number of para-hydroxylation sites is 2. The van der Waals surface area contributed by atoms with Crippen LogP contribution in [-0.4, -0.2) is 0 Å². The van der Waals surface area contributed by atoms with Crippen molar-refractivity contribution >= 4 is 45.1 Å². The van der Waals surface area contributed by atoms with Gasteiger partial charge in [-0.05, 0) is 60.6 Å². The summed E-state index contributed by atoms with van der Waals surface area (Å²) in [5.41, 5.74) is 5.64. The van der Waals surface area contributed by atoms with Crippen molar-refractivity contribution in [1.82, 2.24) is 0 Å². The maximum Gasteiger partial charge on any atom is 0.263 e. The highest BCUT2D eigenvalue weighted by Gasteiger charge is 2.27. The molecule has 4 heteroatoms. The number of fused-ring (bicyclic) bond motifs is 2. The van der Waals surface area contributed by atoms with Crippen LogP contribution in [-0.2, 0) is 6.54 Å². The van der Waals surface area contributed by atoms with Crippen LogP contribution in [0, 0.1) is 5.41 Å². The smallest absolute Gasteiger partial charge is 0.263 e. The van der Waals surface area contributed by atoms with Crippen LogP contribution in [0.5, 0.6) is 0 Å². The van der Waals surface area contributed by atoms with Gasteiger partial charge in [-0.1, -0.05) is 67.3 Å². The minimum absolute atomic E-state index is 0.261. The average molecular weight is 432 g/mol. The number of nitrogens with one attached hydrogen (secondary N) is 1. The van der Waals surface area contributed by atoms with Crippen molar-refractivity contribution < 1.29 is 4.57 Å². The maximum atomic E-state index is 3.57. The zero-order valence-electron chi connectivity index (χ0n) is 17.7. The van der Waals surface area contributed by atoms with Crippen molar-refractivity contribution in [2.24, 2.45) is 5.41 Å². The number of nitrogens with zero attached hydrogens (tertiary/aromatic N) is 1. The van der Waals surface area contributed by atoms with Gasteiger partial charge in [0.2, 0.25) is 5.52 Å². The summed E-state index contributed by atoms with van der Waals surface area (Å²) in [4.78, 5) is 1.31. The minimum atomic E-state index is 0.261. The highest BCUT2D eigenvalue weighted by molar-refractivity contribution is 8.03. The molecule has 3 aromatic rings. The summed E-state index contributed by atoms with van der Waals surface area (Å²) in [7, 11) is 0. The van der Waals surface area contributed by atoms with Crippen LogP contribution in [0.15, 0.2) is 81.8 Å². The quantitative estimate of drug-likeness (QED) is 0.435. The Kier molecular flexibility index (Phi) is 5.08. The summed E-state index contributed by atoms with van der Waals surface area (Å²) in [6.07, 6.45) is 9.38. The van der Waals surface area contributed by atoms with Gasteiger partial charge in [0.05, 0.1) is 10.7 Å². The van der Waals surface area contributed by atoms with Crippen molar-refractivity contribution in [3.8, 4) is 0 Å². The number of aryl methyl sites for hydroxylation is 1. The second kappa shape index (κ2) is 7.75. The Morgan fingerprint density at radius 2 is 1.83 bits per heavy atom. The summed E-state index contributed by atoms with van der Waals surface area (Å²) in [6.45, 7) is 7.99. The van der Waals surface area contributed by atoms with Gasteiger partial charge in [-0.2, -0.15) is 4.57 Å². The molecule has 0 atom stereocenters. The van der Waals surface area contributed by atoms with Gasteiger partial charge in [0, 0.05) is 17.0 Å². The SMILES string of the molecule is CC[n+]1c(/C=C2C=C(/C=C3/Nc4ccccc4S3)CC(C)(C)C/2)sc2ccccc21. The first-order valence-electron chi connectivity index (χ1n) is 10.6. The topological polar surface area (TPSA) is 15.9 Å². The predicted molar refractivity (Wildman–Crippen MR) is 131 cm³/mol. The molecule has 30 heavy (non-hydrogen) atoms. The van der Waals surface area contributed by atoms with Gasteiger partial charge < -0.3 is 5.32 Å². The van der Waals surface area contributed by atoms with Crippen LogP contribution in [0.25, 0.3) is 16.3 Å². The van der Waals surface area contributed by atoms with Crippen LogP contribution in [0.1, 0.15) is 38.6 Å². The standard InChI is InChI=1S/C26H26N2S2/c1-4-28-21-10-6-8-12-23(21)30-25(28)15-19-13-18(16-26(2,3)17-19)14-24-27-20-9-5-7-11-22(20)29-24/h5-15H,4,16-17H2,1-3H3/p+1. The summed E-state index contributed by atoms with van der Waals surface area (Å²) in [5.74, 6) is 0. The van der Waals surface area contributed by atoms with Gasteiger partial charge in [0.25, 0.3) is 5.01 Å². The second-order valence-corrected chi connectivity index (χ2v) is 11.0. The van der Waals surface area contributed by atoms with Crippen molar-refractivity contribution in [1.29, 1.82) is 0 Å². The van der Waals surface area contributed by atoms with Crippen molar-refractivity contribution in [3.63, 3.8) is 0 Å². The van der Waals surface area contributed by atoms with Crippen LogP contribution in [0.4, 0.5) is 5.69 Å². The van der Waals surface area contributed by atoms with E-state index in [9.17, 15) is 0 Å². The van der Waals surface area contributed by atoms with Gasteiger partial charge in [-0.3, -0.25) is 0 Å². The number of thiazole rings is 1. The highest BCUT2D eigenvalue weighted by Crippen LogP contribution is 2.44. The lowest BCUT2D eigenvalue weighted by atomic mass is 9.75. The van der Waals surface area contributed by atoms with Gasteiger partial charge in [0.15, 0.2) is 0 Å². The van der Waals surface area contributed by atoms with Crippen LogP contribution >= 0.6 is 23.1 Å². The molecule has 152 valence electrons. The van der Waals surface area contributed by atoms with E-state index in [1.165, 1.54) is 42.0 Å². The Labute approximate surface area is 187 Å². The molecular formula is C26H27N2S2+. The first-order valence-corrected chi connectivity index (χ1v) is 12.2. The summed E-state index contributed by atoms with van der Waals surface area (Å²) in [6, 6.07) is 17.3. The molecule has 0 saturated heterocycles. The molecule has 0 saturated carbocycles. The number of anilines is 1. The number of allylic oxidation sites excluding steroid dienone is 4. The molecule has 1 aliphatic carbocycles. The Hall–Kier alpha value is -2.30. The number of hydrogen-bond donors (Lipinski definition) is 1. The molecule has 1 aromatic heterocycles. The van der Waals surface area contributed by atoms with E-state index < -0.39 is 0 Å². The number of thioether (sulfide) groups is 1. The first kappa shape index (κ1) is 19.7. The molecule has 2 heterocycles. The summed E-state index contributed by atoms with van der Waals surface area (Å²) in [5, 5.41) is 6.14. The van der Waals surface area contributed by atoms with E-state index in [0.29, 0.717) is 0 Å². The molecule has 5 rings (SSSR count). The second-order valence-electron chi connectivity index (χ2n) is 8.84. The average Bonchev–Trinajstić information content (AvgIpc) is 3.26. The molecule has 0 spiro atoms. The fraction of sp³-hybridized carbons (Fsp3) is 0.269. The third kappa shape index (κ3) is 3.86. The lowest BCUT2D eigenvalue weighted by molar-refractivity contribution is -0.665. The van der Waals surface area contributed by atoms with E-state index >= 15 is 0 Å². The summed E-state index contributed by atoms with van der Waals surface area (Å²) < 4.78 is 3.79. The van der Waals surface area contributed by atoms with Crippen LogP contribution < -0.4 is 9.88 Å². The Morgan fingerprint density at radius 3 is 2.67 bits per heavy atom. The van der Waals surface area contributed by atoms with E-state index in [-0.39, 0.29) is 5.41 Å².